The number of hydrogen-bond acceptors (Lipinski definition) is 3. The molecule has 2 unspecified atom stereocenters. The first-order valence-corrected chi connectivity index (χ1v) is 11.9. The molecule has 0 aromatic heterocycles. The van der Waals surface area contributed by atoms with Gasteiger partial charge in [0.25, 0.3) is 0 Å². The van der Waals surface area contributed by atoms with Gasteiger partial charge in [0.15, 0.2) is 0 Å². The van der Waals surface area contributed by atoms with Crippen LogP contribution in [0.25, 0.3) is 0 Å². The lowest BCUT2D eigenvalue weighted by Crippen LogP contribution is -2.57. The van der Waals surface area contributed by atoms with Gasteiger partial charge in [0.05, 0.1) is 6.61 Å². The normalized spacial score (nSPS) is 25.9. The highest BCUT2D eigenvalue weighted by atomic mass is 19.1. The minimum atomic E-state index is -0.253. The van der Waals surface area contributed by atoms with Gasteiger partial charge < -0.3 is 4.74 Å². The predicted octanol–water partition coefficient (Wildman–Crippen LogP) is 6.16. The summed E-state index contributed by atoms with van der Waals surface area (Å²) in [5.74, 6) is 0.845. The van der Waals surface area contributed by atoms with Gasteiger partial charge in [0.2, 0.25) is 5.90 Å². The lowest BCUT2D eigenvalue weighted by Gasteiger charge is -2.57. The van der Waals surface area contributed by atoms with Crippen molar-refractivity contribution in [3.05, 3.63) is 71.0 Å². The Labute approximate surface area is 186 Å². The molecule has 2 atom stereocenters. The van der Waals surface area contributed by atoms with Crippen molar-refractivity contribution in [2.75, 3.05) is 19.7 Å². The Morgan fingerprint density at radius 2 is 1.81 bits per heavy atom. The van der Waals surface area contributed by atoms with Crippen LogP contribution in [0.3, 0.4) is 0 Å². The largest absolute Gasteiger partial charge is 0.478 e. The van der Waals surface area contributed by atoms with Crippen molar-refractivity contribution in [1.82, 2.24) is 4.90 Å². The summed E-state index contributed by atoms with van der Waals surface area (Å²) in [4.78, 5) is 2.61. The van der Waals surface area contributed by atoms with E-state index in [1.54, 1.807) is 6.07 Å². The third-order valence-electron chi connectivity index (χ3n) is 7.42. The summed E-state index contributed by atoms with van der Waals surface area (Å²) in [6.45, 7) is 7.63. The molecule has 1 N–H and O–H groups in total. The van der Waals surface area contributed by atoms with Crippen molar-refractivity contribution in [2.24, 2.45) is 11.8 Å². The van der Waals surface area contributed by atoms with Crippen molar-refractivity contribution < 1.29 is 9.13 Å². The van der Waals surface area contributed by atoms with Gasteiger partial charge in [0, 0.05) is 30.6 Å². The number of halogens is 1. The third-order valence-corrected chi connectivity index (χ3v) is 7.42. The van der Waals surface area contributed by atoms with E-state index in [0.29, 0.717) is 24.0 Å². The number of likely N-dealkylation sites (tertiary alicyclic amines) is 1. The fourth-order valence-corrected chi connectivity index (χ4v) is 6.29. The van der Waals surface area contributed by atoms with Crippen LogP contribution in [0.5, 0.6) is 0 Å². The minimum Gasteiger partial charge on any atom is -0.478 e. The van der Waals surface area contributed by atoms with Crippen LogP contribution in [0.1, 0.15) is 62.6 Å². The van der Waals surface area contributed by atoms with Gasteiger partial charge >= 0.3 is 0 Å². The lowest BCUT2D eigenvalue weighted by atomic mass is 9.53. The second kappa shape index (κ2) is 9.52. The SMILES string of the molecule is CCCC1(c2cc(F)cc(C(=N)OCC)c2)C2CCCC1CN(Cc1ccccc1)C2. The highest BCUT2D eigenvalue weighted by molar-refractivity contribution is 5.91. The van der Waals surface area contributed by atoms with Crippen LogP contribution >= 0.6 is 0 Å². The molecule has 2 aliphatic rings. The Kier molecular flexibility index (Phi) is 6.76. The fraction of sp³-hybridized carbons (Fsp3) is 0.519. The Balaban J connectivity index is 1.68. The quantitative estimate of drug-likeness (QED) is 0.429. The van der Waals surface area contributed by atoms with E-state index in [1.807, 2.05) is 6.92 Å². The first-order chi connectivity index (χ1) is 15.1. The van der Waals surface area contributed by atoms with E-state index < -0.39 is 0 Å². The second-order valence-corrected chi connectivity index (χ2v) is 9.29. The first-order valence-electron chi connectivity index (χ1n) is 11.9. The molecule has 0 amide bonds. The number of benzene rings is 2. The molecule has 4 rings (SSSR count). The van der Waals surface area contributed by atoms with E-state index >= 15 is 0 Å². The van der Waals surface area contributed by atoms with Gasteiger partial charge in [-0.25, -0.2) is 4.39 Å². The molecule has 2 aromatic carbocycles. The lowest BCUT2D eigenvalue weighted by molar-refractivity contribution is -0.0151. The first kappa shape index (κ1) is 22.0. The van der Waals surface area contributed by atoms with E-state index in [9.17, 15) is 4.39 Å². The number of piperidine rings is 1. The zero-order valence-corrected chi connectivity index (χ0v) is 18.9. The topological polar surface area (TPSA) is 36.3 Å². The van der Waals surface area contributed by atoms with E-state index in [2.05, 4.69) is 48.2 Å². The molecule has 2 bridgehead atoms. The molecule has 0 spiro atoms. The molecular weight excluding hydrogens is 387 g/mol. The van der Waals surface area contributed by atoms with Gasteiger partial charge in [0.1, 0.15) is 5.82 Å². The van der Waals surface area contributed by atoms with Crippen LogP contribution in [0, 0.1) is 23.1 Å². The van der Waals surface area contributed by atoms with Crippen molar-refractivity contribution in [3.8, 4) is 0 Å². The smallest absolute Gasteiger partial charge is 0.213 e. The van der Waals surface area contributed by atoms with E-state index in [-0.39, 0.29) is 17.1 Å². The van der Waals surface area contributed by atoms with Crippen LogP contribution < -0.4 is 0 Å². The zero-order chi connectivity index (χ0) is 21.8. The monoisotopic (exact) mass is 422 g/mol. The number of nitrogens with one attached hydrogen (secondary N) is 1. The van der Waals surface area contributed by atoms with E-state index in [4.69, 9.17) is 10.1 Å². The van der Waals surface area contributed by atoms with E-state index in [1.165, 1.54) is 30.9 Å². The molecule has 2 fully saturated rings. The molecule has 31 heavy (non-hydrogen) atoms. The van der Waals surface area contributed by atoms with Gasteiger partial charge in [-0.1, -0.05) is 50.1 Å². The van der Waals surface area contributed by atoms with Gasteiger partial charge in [-0.3, -0.25) is 10.3 Å². The van der Waals surface area contributed by atoms with Crippen LogP contribution in [0.2, 0.25) is 0 Å². The standard InChI is InChI=1S/C27H35FN2O/c1-3-13-27(24-14-21(15-25(28)16-24)26(29)31-4-2)22-11-8-12-23(27)19-30(18-22)17-20-9-6-5-7-10-20/h5-7,9-10,14-16,22-23,29H,3-4,8,11-13,17-19H2,1-2H3. The molecule has 1 aliphatic heterocycles. The summed E-state index contributed by atoms with van der Waals surface area (Å²) in [6.07, 6.45) is 5.80. The average Bonchev–Trinajstić information content (AvgIpc) is 2.75. The summed E-state index contributed by atoms with van der Waals surface area (Å²) in [6, 6.07) is 16.0. The van der Waals surface area contributed by atoms with Crippen LogP contribution in [-0.2, 0) is 16.7 Å². The Hall–Kier alpha value is -2.20. The Morgan fingerprint density at radius 1 is 1.10 bits per heavy atom. The van der Waals surface area contributed by atoms with Crippen LogP contribution in [-0.4, -0.2) is 30.5 Å². The molecule has 1 saturated carbocycles. The van der Waals surface area contributed by atoms with Gasteiger partial charge in [-0.15, -0.1) is 0 Å². The molecule has 0 radical (unpaired) electrons. The molecular formula is C27H35FN2O. The van der Waals surface area contributed by atoms with Gasteiger partial charge in [-0.05, 0) is 67.3 Å². The second-order valence-electron chi connectivity index (χ2n) is 9.29. The summed E-state index contributed by atoms with van der Waals surface area (Å²) in [7, 11) is 0. The predicted molar refractivity (Wildman–Crippen MR) is 124 cm³/mol. The van der Waals surface area contributed by atoms with Crippen LogP contribution in [0.4, 0.5) is 4.39 Å². The maximum absolute atomic E-state index is 14.8. The highest BCUT2D eigenvalue weighted by Gasteiger charge is 2.51. The molecule has 3 nitrogen and oxygen atoms in total. The molecule has 166 valence electrons. The summed E-state index contributed by atoms with van der Waals surface area (Å²) in [5, 5.41) is 8.22. The van der Waals surface area contributed by atoms with Crippen molar-refractivity contribution in [1.29, 1.82) is 5.41 Å². The maximum atomic E-state index is 14.8. The van der Waals surface area contributed by atoms with Gasteiger partial charge in [-0.2, -0.15) is 0 Å². The molecule has 4 heteroatoms. The number of fused-ring (bicyclic) bond motifs is 2. The number of ether oxygens (including phenoxy) is 1. The number of hydrogen-bond donors (Lipinski definition) is 1. The summed E-state index contributed by atoms with van der Waals surface area (Å²) >= 11 is 0. The zero-order valence-electron chi connectivity index (χ0n) is 18.9. The highest BCUT2D eigenvalue weighted by Crippen LogP contribution is 2.54. The Morgan fingerprint density at radius 3 is 2.45 bits per heavy atom. The maximum Gasteiger partial charge on any atom is 0.213 e. The Bertz CT molecular complexity index is 883. The average molecular weight is 423 g/mol. The van der Waals surface area contributed by atoms with Crippen molar-refractivity contribution in [2.45, 2.75) is 57.9 Å². The molecule has 1 saturated heterocycles. The number of rotatable bonds is 7. The van der Waals surface area contributed by atoms with Crippen molar-refractivity contribution >= 4 is 5.90 Å². The summed E-state index contributed by atoms with van der Waals surface area (Å²) < 4.78 is 20.2. The molecule has 1 aliphatic carbocycles. The van der Waals surface area contributed by atoms with Crippen molar-refractivity contribution in [3.63, 3.8) is 0 Å². The summed E-state index contributed by atoms with van der Waals surface area (Å²) in [5.41, 5.74) is 3.01. The number of nitrogens with zero attached hydrogens (tertiary/aromatic N) is 1. The fourth-order valence-electron chi connectivity index (χ4n) is 6.29. The third kappa shape index (κ3) is 4.41. The minimum absolute atomic E-state index is 0.0104. The van der Waals surface area contributed by atoms with E-state index in [0.717, 1.165) is 38.0 Å². The van der Waals surface area contributed by atoms with Crippen LogP contribution in [0.15, 0.2) is 48.5 Å². The molecule has 1 heterocycles. The molecule has 2 aromatic rings.